The van der Waals surface area contributed by atoms with Crippen molar-refractivity contribution in [2.75, 3.05) is 34.0 Å². The van der Waals surface area contributed by atoms with Gasteiger partial charge in [-0.25, -0.2) is 0 Å². The summed E-state index contributed by atoms with van der Waals surface area (Å²) in [5.41, 5.74) is 0. The Morgan fingerprint density at radius 2 is 1.36 bits per heavy atom. The first-order chi connectivity index (χ1) is 6.80. The van der Waals surface area contributed by atoms with E-state index in [4.69, 9.17) is 9.47 Å². The molecular formula is C11H22O3. The van der Waals surface area contributed by atoms with E-state index in [1.54, 1.807) is 14.2 Å². The Morgan fingerprint density at radius 3 is 1.71 bits per heavy atom. The molecular weight excluding hydrogens is 180 g/mol. The SMILES string of the molecule is COCC1CC(CO)CC(COC)C1. The maximum absolute atomic E-state index is 9.18. The highest BCUT2D eigenvalue weighted by atomic mass is 16.5. The van der Waals surface area contributed by atoms with Crippen molar-refractivity contribution in [1.82, 2.24) is 0 Å². The van der Waals surface area contributed by atoms with Gasteiger partial charge in [0.2, 0.25) is 0 Å². The smallest absolute Gasteiger partial charge is 0.0490 e. The van der Waals surface area contributed by atoms with E-state index < -0.39 is 0 Å². The van der Waals surface area contributed by atoms with Crippen LogP contribution in [0.2, 0.25) is 0 Å². The minimum Gasteiger partial charge on any atom is -0.396 e. The van der Waals surface area contributed by atoms with Crippen LogP contribution in [0.5, 0.6) is 0 Å². The van der Waals surface area contributed by atoms with E-state index in [0.29, 0.717) is 24.4 Å². The van der Waals surface area contributed by atoms with Crippen LogP contribution in [0.15, 0.2) is 0 Å². The fourth-order valence-electron chi connectivity index (χ4n) is 2.60. The third kappa shape index (κ3) is 3.56. The summed E-state index contributed by atoms with van der Waals surface area (Å²) in [4.78, 5) is 0. The van der Waals surface area contributed by atoms with E-state index in [-0.39, 0.29) is 0 Å². The maximum atomic E-state index is 9.18. The van der Waals surface area contributed by atoms with Crippen LogP contribution in [0.4, 0.5) is 0 Å². The number of aliphatic hydroxyl groups is 1. The largest absolute Gasteiger partial charge is 0.396 e. The average Bonchev–Trinajstić information content (AvgIpc) is 2.18. The molecule has 1 aliphatic rings. The van der Waals surface area contributed by atoms with Crippen molar-refractivity contribution in [2.24, 2.45) is 17.8 Å². The topological polar surface area (TPSA) is 38.7 Å². The lowest BCUT2D eigenvalue weighted by Crippen LogP contribution is -2.29. The van der Waals surface area contributed by atoms with Gasteiger partial charge in [-0.15, -0.1) is 0 Å². The van der Waals surface area contributed by atoms with Gasteiger partial charge in [0.05, 0.1) is 0 Å². The van der Waals surface area contributed by atoms with Crippen molar-refractivity contribution < 1.29 is 14.6 Å². The molecule has 1 rings (SSSR count). The molecule has 0 aromatic rings. The van der Waals surface area contributed by atoms with Crippen molar-refractivity contribution in [2.45, 2.75) is 19.3 Å². The minimum absolute atomic E-state index is 0.306. The van der Waals surface area contributed by atoms with E-state index in [2.05, 4.69) is 0 Å². The van der Waals surface area contributed by atoms with Crippen molar-refractivity contribution >= 4 is 0 Å². The Hall–Kier alpha value is -0.120. The van der Waals surface area contributed by atoms with E-state index >= 15 is 0 Å². The third-order valence-corrected chi connectivity index (χ3v) is 3.06. The predicted octanol–water partition coefficient (Wildman–Crippen LogP) is 1.30. The summed E-state index contributed by atoms with van der Waals surface area (Å²) < 4.78 is 10.4. The molecule has 2 atom stereocenters. The van der Waals surface area contributed by atoms with Crippen LogP contribution < -0.4 is 0 Å². The fraction of sp³-hybridized carbons (Fsp3) is 1.00. The first kappa shape index (κ1) is 12.0. The van der Waals surface area contributed by atoms with E-state index in [0.717, 1.165) is 26.1 Å². The maximum Gasteiger partial charge on any atom is 0.0490 e. The van der Waals surface area contributed by atoms with Gasteiger partial charge in [0.25, 0.3) is 0 Å². The summed E-state index contributed by atoms with van der Waals surface area (Å²) in [7, 11) is 3.49. The lowest BCUT2D eigenvalue weighted by Gasteiger charge is -2.33. The molecule has 84 valence electrons. The molecule has 2 unspecified atom stereocenters. The van der Waals surface area contributed by atoms with Crippen molar-refractivity contribution in [3.05, 3.63) is 0 Å². The zero-order chi connectivity index (χ0) is 10.4. The number of hydrogen-bond donors (Lipinski definition) is 1. The molecule has 0 heterocycles. The molecule has 0 amide bonds. The average molecular weight is 202 g/mol. The van der Waals surface area contributed by atoms with E-state index in [1.165, 1.54) is 6.42 Å². The molecule has 0 saturated heterocycles. The van der Waals surface area contributed by atoms with Crippen LogP contribution in [0.3, 0.4) is 0 Å². The molecule has 0 spiro atoms. The van der Waals surface area contributed by atoms with Gasteiger partial charge in [0, 0.05) is 34.0 Å². The second-order valence-corrected chi connectivity index (χ2v) is 4.40. The summed E-state index contributed by atoms with van der Waals surface area (Å²) in [6, 6.07) is 0. The summed E-state index contributed by atoms with van der Waals surface area (Å²) in [6.45, 7) is 1.94. The Balaban J connectivity index is 2.39. The number of hydrogen-bond acceptors (Lipinski definition) is 3. The highest BCUT2D eigenvalue weighted by molar-refractivity contribution is 4.78. The van der Waals surface area contributed by atoms with Crippen LogP contribution >= 0.6 is 0 Å². The Labute approximate surface area is 86.4 Å². The standard InChI is InChI=1S/C11H22O3/c1-13-7-10-3-9(6-12)4-11(5-10)8-14-2/h9-12H,3-8H2,1-2H3. The quantitative estimate of drug-likeness (QED) is 0.730. The molecule has 3 heteroatoms. The Bertz CT molecular complexity index is 135. The van der Waals surface area contributed by atoms with Gasteiger partial charge < -0.3 is 14.6 Å². The molecule has 0 aromatic heterocycles. The summed E-state index contributed by atoms with van der Waals surface area (Å²) >= 11 is 0. The van der Waals surface area contributed by atoms with Gasteiger partial charge in [0.1, 0.15) is 0 Å². The van der Waals surface area contributed by atoms with Gasteiger partial charge in [-0.1, -0.05) is 0 Å². The molecule has 0 aliphatic heterocycles. The first-order valence-electron chi connectivity index (χ1n) is 5.38. The number of aliphatic hydroxyl groups excluding tert-OH is 1. The van der Waals surface area contributed by atoms with Crippen molar-refractivity contribution in [3.63, 3.8) is 0 Å². The van der Waals surface area contributed by atoms with E-state index in [9.17, 15) is 5.11 Å². The van der Waals surface area contributed by atoms with E-state index in [1.807, 2.05) is 0 Å². The zero-order valence-corrected chi connectivity index (χ0v) is 9.24. The molecule has 1 N–H and O–H groups in total. The van der Waals surface area contributed by atoms with Crippen molar-refractivity contribution in [1.29, 1.82) is 0 Å². The van der Waals surface area contributed by atoms with Gasteiger partial charge in [-0.05, 0) is 37.0 Å². The number of ether oxygens (including phenoxy) is 2. The highest BCUT2D eigenvalue weighted by Gasteiger charge is 2.28. The first-order valence-corrected chi connectivity index (χ1v) is 5.38. The third-order valence-electron chi connectivity index (χ3n) is 3.06. The van der Waals surface area contributed by atoms with Crippen LogP contribution in [-0.2, 0) is 9.47 Å². The van der Waals surface area contributed by atoms with Gasteiger partial charge >= 0.3 is 0 Å². The zero-order valence-electron chi connectivity index (χ0n) is 9.24. The molecule has 0 aromatic carbocycles. The number of methoxy groups -OCH3 is 2. The molecule has 1 aliphatic carbocycles. The fourth-order valence-corrected chi connectivity index (χ4v) is 2.60. The monoisotopic (exact) mass is 202 g/mol. The molecule has 14 heavy (non-hydrogen) atoms. The molecule has 1 saturated carbocycles. The number of rotatable bonds is 5. The van der Waals surface area contributed by atoms with Crippen LogP contribution in [-0.4, -0.2) is 39.1 Å². The molecule has 1 fully saturated rings. The van der Waals surface area contributed by atoms with Crippen LogP contribution in [0.25, 0.3) is 0 Å². The van der Waals surface area contributed by atoms with Gasteiger partial charge in [-0.3, -0.25) is 0 Å². The lowest BCUT2D eigenvalue weighted by atomic mass is 9.76. The second kappa shape index (κ2) is 6.38. The Morgan fingerprint density at radius 1 is 0.929 bits per heavy atom. The molecule has 0 bridgehead atoms. The molecule has 0 radical (unpaired) electrons. The normalized spacial score (nSPS) is 33.2. The summed E-state index contributed by atoms with van der Waals surface area (Å²) in [5, 5.41) is 9.18. The van der Waals surface area contributed by atoms with Crippen molar-refractivity contribution in [3.8, 4) is 0 Å². The summed E-state index contributed by atoms with van der Waals surface area (Å²) in [6.07, 6.45) is 3.38. The predicted molar refractivity (Wildman–Crippen MR) is 55.2 cm³/mol. The second-order valence-electron chi connectivity index (χ2n) is 4.40. The highest BCUT2D eigenvalue weighted by Crippen LogP contribution is 2.33. The van der Waals surface area contributed by atoms with Crippen LogP contribution in [0.1, 0.15) is 19.3 Å². The van der Waals surface area contributed by atoms with Gasteiger partial charge in [0.15, 0.2) is 0 Å². The Kier molecular flexibility index (Phi) is 5.45. The summed E-state index contributed by atoms with van der Waals surface area (Å²) in [5.74, 6) is 1.65. The van der Waals surface area contributed by atoms with Crippen LogP contribution in [0, 0.1) is 17.8 Å². The lowest BCUT2D eigenvalue weighted by molar-refractivity contribution is 0.0396. The molecule has 3 nitrogen and oxygen atoms in total. The van der Waals surface area contributed by atoms with Gasteiger partial charge in [-0.2, -0.15) is 0 Å². The minimum atomic E-state index is 0.306.